The molecule has 0 bridgehead atoms. The second-order valence-corrected chi connectivity index (χ2v) is 4.32. The number of hydrogen-bond acceptors (Lipinski definition) is 2. The molecule has 0 amide bonds. The minimum absolute atomic E-state index is 0.301. The maximum atomic E-state index is 10.5. The molecule has 0 saturated carbocycles. The van der Waals surface area contributed by atoms with E-state index >= 15 is 0 Å². The van der Waals surface area contributed by atoms with E-state index < -0.39 is 5.97 Å². The lowest BCUT2D eigenvalue weighted by molar-refractivity contribution is -0.131. The summed E-state index contributed by atoms with van der Waals surface area (Å²) in [6.45, 7) is 8.11. The molecule has 0 atom stereocenters. The molecule has 0 aliphatic rings. The number of benzene rings is 1. The van der Waals surface area contributed by atoms with E-state index in [2.05, 4.69) is 13.0 Å². The molecule has 3 heteroatoms. The molecule has 0 heterocycles. The van der Waals surface area contributed by atoms with Gasteiger partial charge in [0.2, 0.25) is 0 Å². The molecule has 0 fully saturated rings. The summed E-state index contributed by atoms with van der Waals surface area (Å²) in [5, 5.41) is 8.58. The second kappa shape index (κ2) is 5.53. The summed E-state index contributed by atoms with van der Waals surface area (Å²) < 4.78 is 5.60. The van der Waals surface area contributed by atoms with Crippen LogP contribution in [-0.2, 0) is 4.79 Å². The van der Waals surface area contributed by atoms with Crippen LogP contribution in [-0.4, -0.2) is 17.7 Å². The van der Waals surface area contributed by atoms with Crippen LogP contribution in [0.25, 0.3) is 0 Å². The van der Waals surface area contributed by atoms with Gasteiger partial charge in [-0.1, -0.05) is 6.07 Å². The number of hydrogen-bond donors (Lipinski definition) is 1. The normalized spacial score (nSPS) is 11.4. The van der Waals surface area contributed by atoms with Crippen LogP contribution in [0.5, 0.6) is 5.75 Å². The van der Waals surface area contributed by atoms with Gasteiger partial charge in [-0.25, -0.2) is 4.79 Å². The fraction of sp³-hybridized carbons (Fsp3) is 0.357. The highest BCUT2D eigenvalue weighted by Gasteiger charge is 2.03. The van der Waals surface area contributed by atoms with Crippen LogP contribution in [0.4, 0.5) is 0 Å². The summed E-state index contributed by atoms with van der Waals surface area (Å²) in [6, 6.07) is 4.06. The molecule has 3 nitrogen and oxygen atoms in total. The Morgan fingerprint density at radius 1 is 1.24 bits per heavy atom. The smallest absolute Gasteiger partial charge is 0.328 e. The van der Waals surface area contributed by atoms with Crippen LogP contribution in [0.3, 0.4) is 0 Å². The Bertz CT molecular complexity index is 459. The van der Waals surface area contributed by atoms with Crippen LogP contribution in [0.15, 0.2) is 23.8 Å². The van der Waals surface area contributed by atoms with Crippen molar-refractivity contribution < 1.29 is 14.6 Å². The quantitative estimate of drug-likeness (QED) is 0.814. The first-order chi connectivity index (χ1) is 7.90. The van der Waals surface area contributed by atoms with Gasteiger partial charge in [0.25, 0.3) is 0 Å². The zero-order valence-corrected chi connectivity index (χ0v) is 10.7. The minimum Gasteiger partial charge on any atom is -0.489 e. The van der Waals surface area contributed by atoms with Crippen molar-refractivity contribution in [3.05, 3.63) is 40.5 Å². The highest BCUT2D eigenvalue weighted by molar-refractivity contribution is 5.80. The van der Waals surface area contributed by atoms with E-state index in [4.69, 9.17) is 9.84 Å². The Morgan fingerprint density at radius 2 is 1.82 bits per heavy atom. The molecular weight excluding hydrogens is 216 g/mol. The van der Waals surface area contributed by atoms with Crippen molar-refractivity contribution in [1.82, 2.24) is 0 Å². The first-order valence-corrected chi connectivity index (χ1v) is 5.51. The van der Waals surface area contributed by atoms with Crippen molar-refractivity contribution in [3.8, 4) is 5.75 Å². The van der Waals surface area contributed by atoms with Crippen LogP contribution in [0, 0.1) is 20.8 Å². The molecule has 0 spiro atoms. The van der Waals surface area contributed by atoms with Crippen molar-refractivity contribution in [2.75, 3.05) is 6.61 Å². The van der Waals surface area contributed by atoms with E-state index in [1.807, 2.05) is 19.9 Å². The Kier molecular flexibility index (Phi) is 4.32. The molecule has 0 aliphatic heterocycles. The zero-order chi connectivity index (χ0) is 13.0. The Morgan fingerprint density at radius 3 is 2.41 bits per heavy atom. The second-order valence-electron chi connectivity index (χ2n) is 4.32. The van der Waals surface area contributed by atoms with E-state index in [0.29, 0.717) is 12.2 Å². The van der Waals surface area contributed by atoms with Crippen molar-refractivity contribution >= 4 is 5.97 Å². The zero-order valence-electron chi connectivity index (χ0n) is 10.7. The average Bonchev–Trinajstić information content (AvgIpc) is 2.20. The van der Waals surface area contributed by atoms with Gasteiger partial charge in [-0.05, 0) is 56.0 Å². The Hall–Kier alpha value is -1.77. The van der Waals surface area contributed by atoms with Crippen LogP contribution < -0.4 is 4.74 Å². The molecule has 1 N–H and O–H groups in total. The third kappa shape index (κ3) is 3.94. The van der Waals surface area contributed by atoms with Gasteiger partial charge < -0.3 is 9.84 Å². The van der Waals surface area contributed by atoms with Gasteiger partial charge in [0.1, 0.15) is 12.4 Å². The molecule has 0 unspecified atom stereocenters. The van der Waals surface area contributed by atoms with Crippen molar-refractivity contribution in [2.24, 2.45) is 0 Å². The lowest BCUT2D eigenvalue weighted by atomic mass is 10.1. The van der Waals surface area contributed by atoms with E-state index in [9.17, 15) is 4.79 Å². The monoisotopic (exact) mass is 234 g/mol. The minimum atomic E-state index is -0.942. The number of carboxylic acid groups (broad SMARTS) is 1. The maximum absolute atomic E-state index is 10.5. The first-order valence-electron chi connectivity index (χ1n) is 5.51. The SMILES string of the molecule is C/C(=C\C(=O)O)COc1cc(C)c(C)cc1C. The highest BCUT2D eigenvalue weighted by atomic mass is 16.5. The number of aryl methyl sites for hydroxylation is 3. The number of aliphatic carboxylic acids is 1. The maximum Gasteiger partial charge on any atom is 0.328 e. The standard InChI is InChI=1S/C14H18O3/c1-9(5-14(15)16)8-17-13-7-11(3)10(2)6-12(13)4/h5-7H,8H2,1-4H3,(H,15,16)/b9-5+. The molecule has 0 aliphatic carbocycles. The predicted octanol–water partition coefficient (Wildman–Crippen LogP) is 3.02. The van der Waals surface area contributed by atoms with Crippen molar-refractivity contribution in [3.63, 3.8) is 0 Å². The van der Waals surface area contributed by atoms with Gasteiger partial charge in [0.15, 0.2) is 0 Å². The van der Waals surface area contributed by atoms with Gasteiger partial charge in [-0.2, -0.15) is 0 Å². The third-order valence-corrected chi connectivity index (χ3v) is 2.62. The highest BCUT2D eigenvalue weighted by Crippen LogP contribution is 2.22. The van der Waals surface area contributed by atoms with Crippen LogP contribution in [0.2, 0.25) is 0 Å². The molecule has 1 rings (SSSR count). The van der Waals surface area contributed by atoms with E-state index in [1.165, 1.54) is 11.1 Å². The number of ether oxygens (including phenoxy) is 1. The summed E-state index contributed by atoms with van der Waals surface area (Å²) in [5.41, 5.74) is 4.16. The van der Waals surface area contributed by atoms with Gasteiger partial charge in [0.05, 0.1) is 0 Å². The van der Waals surface area contributed by atoms with Gasteiger partial charge in [-0.3, -0.25) is 0 Å². The molecule has 1 aromatic rings. The van der Waals surface area contributed by atoms with Crippen molar-refractivity contribution in [1.29, 1.82) is 0 Å². The largest absolute Gasteiger partial charge is 0.489 e. The average molecular weight is 234 g/mol. The van der Waals surface area contributed by atoms with Crippen LogP contribution >= 0.6 is 0 Å². The fourth-order valence-electron chi connectivity index (χ4n) is 1.53. The summed E-state index contributed by atoms with van der Waals surface area (Å²) >= 11 is 0. The molecule has 0 radical (unpaired) electrons. The van der Waals surface area contributed by atoms with Gasteiger partial charge in [-0.15, -0.1) is 0 Å². The van der Waals surface area contributed by atoms with Crippen LogP contribution in [0.1, 0.15) is 23.6 Å². The van der Waals surface area contributed by atoms with E-state index in [1.54, 1.807) is 6.92 Å². The number of rotatable bonds is 4. The summed E-state index contributed by atoms with van der Waals surface area (Å²) in [4.78, 5) is 10.5. The summed E-state index contributed by atoms with van der Waals surface area (Å²) in [6.07, 6.45) is 1.16. The molecule has 1 aromatic carbocycles. The predicted molar refractivity (Wildman–Crippen MR) is 67.5 cm³/mol. The lowest BCUT2D eigenvalue weighted by Gasteiger charge is -2.11. The summed E-state index contributed by atoms with van der Waals surface area (Å²) in [5.74, 6) is -0.130. The Labute approximate surface area is 102 Å². The Balaban J connectivity index is 2.76. The van der Waals surface area contributed by atoms with Gasteiger partial charge in [0, 0.05) is 6.08 Å². The van der Waals surface area contributed by atoms with E-state index in [-0.39, 0.29) is 0 Å². The fourth-order valence-corrected chi connectivity index (χ4v) is 1.53. The molecule has 92 valence electrons. The van der Waals surface area contributed by atoms with Gasteiger partial charge >= 0.3 is 5.97 Å². The third-order valence-electron chi connectivity index (χ3n) is 2.62. The summed E-state index contributed by atoms with van der Waals surface area (Å²) in [7, 11) is 0. The molecule has 0 aromatic heterocycles. The van der Waals surface area contributed by atoms with E-state index in [0.717, 1.165) is 17.4 Å². The molecule has 17 heavy (non-hydrogen) atoms. The molecular formula is C14H18O3. The number of carbonyl (C=O) groups is 1. The number of carboxylic acids is 1. The lowest BCUT2D eigenvalue weighted by Crippen LogP contribution is -2.03. The topological polar surface area (TPSA) is 46.5 Å². The van der Waals surface area contributed by atoms with Crippen molar-refractivity contribution in [2.45, 2.75) is 27.7 Å². The first kappa shape index (κ1) is 13.3. The molecule has 0 saturated heterocycles.